The molecule has 0 saturated heterocycles. The zero-order valence-electron chi connectivity index (χ0n) is 12.8. The van der Waals surface area contributed by atoms with Gasteiger partial charge in [-0.15, -0.1) is 0 Å². The van der Waals surface area contributed by atoms with Gasteiger partial charge in [0.05, 0.1) is 22.2 Å². The molecule has 0 saturated carbocycles. The number of hydrogen-bond acceptors (Lipinski definition) is 4. The number of nitrogens with zero attached hydrogens (tertiary/aromatic N) is 2. The number of anilines is 1. The molecule has 2 rings (SSSR count). The van der Waals surface area contributed by atoms with Crippen LogP contribution in [0, 0.1) is 15.9 Å². The predicted molar refractivity (Wildman–Crippen MR) is 89.5 cm³/mol. The van der Waals surface area contributed by atoms with Gasteiger partial charge in [0.2, 0.25) is 5.91 Å². The molecule has 0 atom stereocenters. The molecule has 2 aromatic rings. The van der Waals surface area contributed by atoms with E-state index in [0.29, 0.717) is 5.56 Å². The first-order chi connectivity index (χ1) is 11.4. The van der Waals surface area contributed by atoms with Gasteiger partial charge in [-0.2, -0.15) is 0 Å². The van der Waals surface area contributed by atoms with Crippen molar-refractivity contribution in [2.24, 2.45) is 0 Å². The van der Waals surface area contributed by atoms with Crippen molar-refractivity contribution in [2.45, 2.75) is 6.54 Å². The first-order valence-corrected chi connectivity index (χ1v) is 7.40. The van der Waals surface area contributed by atoms with E-state index in [-0.39, 0.29) is 35.3 Å². The Hall–Kier alpha value is -2.51. The third kappa shape index (κ3) is 4.74. The van der Waals surface area contributed by atoms with Crippen molar-refractivity contribution >= 4 is 28.9 Å². The molecule has 0 aliphatic rings. The maximum Gasteiger partial charge on any atom is 0.271 e. The van der Waals surface area contributed by atoms with E-state index in [1.54, 1.807) is 30.1 Å². The number of nitro groups is 1. The SMILES string of the molecule is CN(CC(=O)Nc1cc([N+](=O)[O-])ccc1Cl)Cc1ccccc1F. The minimum absolute atomic E-state index is 0.0205. The van der Waals surface area contributed by atoms with Crippen LogP contribution in [-0.2, 0) is 11.3 Å². The summed E-state index contributed by atoms with van der Waals surface area (Å²) in [6, 6.07) is 10.1. The van der Waals surface area contributed by atoms with Gasteiger partial charge in [-0.25, -0.2) is 4.39 Å². The average Bonchev–Trinajstić information content (AvgIpc) is 2.51. The Balaban J connectivity index is 1.99. The number of halogens is 2. The molecule has 24 heavy (non-hydrogen) atoms. The number of carbonyl (C=O) groups is 1. The normalized spacial score (nSPS) is 10.7. The number of non-ortho nitro benzene ring substituents is 1. The number of rotatable bonds is 6. The number of benzene rings is 2. The molecule has 1 N–H and O–H groups in total. The molecule has 0 heterocycles. The maximum absolute atomic E-state index is 13.6. The summed E-state index contributed by atoms with van der Waals surface area (Å²) in [7, 11) is 1.67. The van der Waals surface area contributed by atoms with Crippen LogP contribution in [-0.4, -0.2) is 29.3 Å². The van der Waals surface area contributed by atoms with Crippen LogP contribution in [0.5, 0.6) is 0 Å². The van der Waals surface area contributed by atoms with Gasteiger partial charge in [-0.3, -0.25) is 19.8 Å². The Morgan fingerprint density at radius 3 is 2.71 bits per heavy atom. The molecular weight excluding hydrogens is 337 g/mol. The first-order valence-electron chi connectivity index (χ1n) is 7.02. The monoisotopic (exact) mass is 351 g/mol. The van der Waals surface area contributed by atoms with Gasteiger partial charge in [-0.1, -0.05) is 29.8 Å². The van der Waals surface area contributed by atoms with Gasteiger partial charge in [-0.05, 0) is 19.2 Å². The minimum atomic E-state index is -0.573. The lowest BCUT2D eigenvalue weighted by atomic mass is 10.2. The standard InChI is InChI=1S/C16H15ClFN3O3/c1-20(9-11-4-2-3-5-14(11)18)10-16(22)19-15-8-12(21(23)24)6-7-13(15)17/h2-8H,9-10H2,1H3,(H,19,22). The highest BCUT2D eigenvalue weighted by Gasteiger charge is 2.14. The van der Waals surface area contributed by atoms with Crippen LogP contribution >= 0.6 is 11.6 Å². The predicted octanol–water partition coefficient (Wildman–Crippen LogP) is 3.46. The van der Waals surface area contributed by atoms with Gasteiger partial charge < -0.3 is 5.32 Å². The lowest BCUT2D eigenvalue weighted by molar-refractivity contribution is -0.384. The fourth-order valence-corrected chi connectivity index (χ4v) is 2.30. The molecule has 0 unspecified atom stereocenters. The highest BCUT2D eigenvalue weighted by molar-refractivity contribution is 6.33. The summed E-state index contributed by atoms with van der Waals surface area (Å²) in [5.74, 6) is -0.747. The Kier molecular flexibility index (Phi) is 5.83. The molecule has 0 fully saturated rings. The van der Waals surface area contributed by atoms with Gasteiger partial charge in [0.15, 0.2) is 0 Å². The van der Waals surface area contributed by atoms with Crippen molar-refractivity contribution < 1.29 is 14.1 Å². The topological polar surface area (TPSA) is 75.5 Å². The molecule has 8 heteroatoms. The summed E-state index contributed by atoms with van der Waals surface area (Å²) in [5.41, 5.74) is 0.464. The van der Waals surface area contributed by atoms with Crippen molar-refractivity contribution in [1.82, 2.24) is 4.90 Å². The molecule has 126 valence electrons. The van der Waals surface area contributed by atoms with Crippen molar-refractivity contribution in [1.29, 1.82) is 0 Å². The second-order valence-electron chi connectivity index (χ2n) is 5.23. The third-order valence-electron chi connectivity index (χ3n) is 3.25. The summed E-state index contributed by atoms with van der Waals surface area (Å²) in [5, 5.41) is 13.5. The van der Waals surface area contributed by atoms with Gasteiger partial charge in [0.25, 0.3) is 5.69 Å². The van der Waals surface area contributed by atoms with E-state index in [9.17, 15) is 19.3 Å². The fraction of sp³-hybridized carbons (Fsp3) is 0.188. The molecule has 0 spiro atoms. The second kappa shape index (κ2) is 7.85. The van der Waals surface area contributed by atoms with E-state index in [1.165, 1.54) is 24.3 Å². The van der Waals surface area contributed by atoms with E-state index in [4.69, 9.17) is 11.6 Å². The summed E-state index contributed by atoms with van der Waals surface area (Å²) in [4.78, 5) is 23.9. The highest BCUT2D eigenvalue weighted by atomic mass is 35.5. The quantitative estimate of drug-likeness (QED) is 0.638. The molecule has 6 nitrogen and oxygen atoms in total. The number of nitro benzene ring substituents is 1. The summed E-state index contributed by atoms with van der Waals surface area (Å²) < 4.78 is 13.6. The molecule has 0 bridgehead atoms. The molecule has 0 aliphatic heterocycles. The molecule has 0 radical (unpaired) electrons. The lowest BCUT2D eigenvalue weighted by Gasteiger charge is -2.17. The largest absolute Gasteiger partial charge is 0.323 e. The summed E-state index contributed by atoms with van der Waals surface area (Å²) in [6.07, 6.45) is 0. The zero-order valence-corrected chi connectivity index (χ0v) is 13.6. The second-order valence-corrected chi connectivity index (χ2v) is 5.64. The van der Waals surface area contributed by atoms with Crippen LogP contribution in [0.15, 0.2) is 42.5 Å². The van der Waals surface area contributed by atoms with E-state index >= 15 is 0 Å². The summed E-state index contributed by atoms with van der Waals surface area (Å²) in [6.45, 7) is 0.232. The van der Waals surface area contributed by atoms with Crippen LogP contribution in [0.1, 0.15) is 5.56 Å². The average molecular weight is 352 g/mol. The van der Waals surface area contributed by atoms with Crippen molar-refractivity contribution in [2.75, 3.05) is 18.9 Å². The van der Waals surface area contributed by atoms with Crippen LogP contribution in [0.25, 0.3) is 0 Å². The van der Waals surface area contributed by atoms with Gasteiger partial charge >= 0.3 is 0 Å². The Morgan fingerprint density at radius 2 is 2.04 bits per heavy atom. The van der Waals surface area contributed by atoms with E-state index in [2.05, 4.69) is 5.32 Å². The smallest absolute Gasteiger partial charge is 0.271 e. The summed E-state index contributed by atoms with van der Waals surface area (Å²) >= 11 is 5.93. The van der Waals surface area contributed by atoms with Crippen molar-refractivity contribution in [3.05, 3.63) is 69.0 Å². The number of nitrogens with one attached hydrogen (secondary N) is 1. The van der Waals surface area contributed by atoms with E-state index in [0.717, 1.165) is 0 Å². The van der Waals surface area contributed by atoms with Crippen molar-refractivity contribution in [3.63, 3.8) is 0 Å². The maximum atomic E-state index is 13.6. The lowest BCUT2D eigenvalue weighted by Crippen LogP contribution is -2.30. The zero-order chi connectivity index (χ0) is 17.7. The Bertz CT molecular complexity index is 770. The first kappa shape index (κ1) is 17.8. The molecular formula is C16H15ClFN3O3. The number of likely N-dealkylation sites (N-methyl/N-ethyl adjacent to an activating group) is 1. The molecule has 2 aromatic carbocycles. The van der Waals surface area contributed by atoms with E-state index in [1.807, 2.05) is 0 Å². The number of amides is 1. The molecule has 0 aliphatic carbocycles. The minimum Gasteiger partial charge on any atom is -0.323 e. The third-order valence-corrected chi connectivity index (χ3v) is 3.58. The Morgan fingerprint density at radius 1 is 1.33 bits per heavy atom. The van der Waals surface area contributed by atoms with Crippen LogP contribution in [0.3, 0.4) is 0 Å². The van der Waals surface area contributed by atoms with Crippen molar-refractivity contribution in [3.8, 4) is 0 Å². The fourth-order valence-electron chi connectivity index (χ4n) is 2.13. The van der Waals surface area contributed by atoms with Gasteiger partial charge in [0, 0.05) is 24.2 Å². The Labute approximate surface area is 143 Å². The molecule has 1 amide bonds. The van der Waals surface area contributed by atoms with Crippen LogP contribution in [0.4, 0.5) is 15.8 Å². The molecule has 0 aromatic heterocycles. The van der Waals surface area contributed by atoms with Crippen LogP contribution in [0.2, 0.25) is 5.02 Å². The van der Waals surface area contributed by atoms with Gasteiger partial charge in [0.1, 0.15) is 5.82 Å². The van der Waals surface area contributed by atoms with Crippen LogP contribution < -0.4 is 5.32 Å². The number of carbonyl (C=O) groups excluding carboxylic acids is 1. The number of hydrogen-bond donors (Lipinski definition) is 1. The van der Waals surface area contributed by atoms with E-state index < -0.39 is 10.8 Å². The highest BCUT2D eigenvalue weighted by Crippen LogP contribution is 2.26.